The number of para-hydroxylation sites is 3. The maximum Gasteiger partial charge on any atom is 0.268 e. The van der Waals surface area contributed by atoms with Gasteiger partial charge in [0.1, 0.15) is 5.82 Å². The van der Waals surface area contributed by atoms with Crippen LogP contribution in [0.1, 0.15) is 45.6 Å². The van der Waals surface area contributed by atoms with Crippen LogP contribution in [-0.4, -0.2) is 14.1 Å². The first-order valence-corrected chi connectivity index (χ1v) is 20.9. The van der Waals surface area contributed by atoms with Gasteiger partial charge < -0.3 is 13.9 Å². The zero-order valence-corrected chi connectivity index (χ0v) is 38.0. The molecule has 11 rings (SSSR count). The van der Waals surface area contributed by atoms with Crippen molar-refractivity contribution in [1.29, 1.82) is 0 Å². The maximum atomic E-state index is 9.03. The van der Waals surface area contributed by atoms with Crippen LogP contribution in [0.2, 0.25) is 0 Å². The molecule has 0 amide bonds. The Morgan fingerprint density at radius 1 is 0.615 bits per heavy atom. The number of aromatic nitrogens is 4. The Morgan fingerprint density at radius 2 is 1.28 bits per heavy atom. The molecule has 11 aromatic rings. The minimum Gasteiger partial charge on any atom is -0.510 e. The monoisotopic (exact) mass is 1030 g/mol. The third kappa shape index (κ3) is 7.66. The number of imidazole rings is 1. The first-order valence-electron chi connectivity index (χ1n) is 25.9. The fourth-order valence-corrected chi connectivity index (χ4v) is 8.40. The molecular weight excluding hydrogens is 976 g/mol. The summed E-state index contributed by atoms with van der Waals surface area (Å²) in [6.07, 6.45) is 5.26. The van der Waals surface area contributed by atoms with Crippen molar-refractivity contribution in [2.75, 3.05) is 0 Å². The minimum absolute atomic E-state index is 0. The van der Waals surface area contributed by atoms with Crippen LogP contribution in [0, 0.1) is 25.4 Å². The Morgan fingerprint density at radius 3 is 2.02 bits per heavy atom. The summed E-state index contributed by atoms with van der Waals surface area (Å²) in [6.45, 7) is 8.64. The van der Waals surface area contributed by atoms with Gasteiger partial charge in [-0.2, -0.15) is 18.2 Å². The quantitative estimate of drug-likeness (QED) is 0.112. The average molecular weight is 1030 g/mol. The Bertz CT molecular complexity index is 4000. The number of hydrogen-bond donors (Lipinski definition) is 0. The van der Waals surface area contributed by atoms with Gasteiger partial charge >= 0.3 is 0 Å². The molecule has 6 heteroatoms. The van der Waals surface area contributed by atoms with Crippen LogP contribution in [0.3, 0.4) is 0 Å². The number of aryl methyl sites for hydroxylation is 1. The first-order chi connectivity index (χ1) is 35.4. The van der Waals surface area contributed by atoms with Crippen molar-refractivity contribution in [3.8, 4) is 62.1 Å². The van der Waals surface area contributed by atoms with Crippen LogP contribution in [0.15, 0.2) is 194 Å². The van der Waals surface area contributed by atoms with E-state index < -0.39 is 60.4 Å². The van der Waals surface area contributed by atoms with Gasteiger partial charge in [0.25, 0.3) is 6.33 Å². The molecule has 318 valence electrons. The largest absolute Gasteiger partial charge is 0.510 e. The molecule has 8 aromatic carbocycles. The third-order valence-corrected chi connectivity index (χ3v) is 11.5. The van der Waals surface area contributed by atoms with Gasteiger partial charge in [-0.25, -0.2) is 4.98 Å². The van der Waals surface area contributed by atoms with E-state index in [1.165, 1.54) is 5.56 Å². The number of pyridine rings is 1. The van der Waals surface area contributed by atoms with Crippen molar-refractivity contribution in [3.05, 3.63) is 224 Å². The van der Waals surface area contributed by atoms with Gasteiger partial charge in [0, 0.05) is 44.3 Å². The second-order valence-electron chi connectivity index (χ2n) is 16.6. The molecule has 0 aliphatic heterocycles. The van der Waals surface area contributed by atoms with E-state index in [1.807, 2.05) is 66.9 Å². The topological polar surface area (TPSA) is 35.9 Å². The zero-order valence-electron chi connectivity index (χ0n) is 45.7. The van der Waals surface area contributed by atoms with Crippen molar-refractivity contribution in [2.24, 2.45) is 0 Å². The predicted molar refractivity (Wildman–Crippen MR) is 260 cm³/mol. The molecular formula is C59H44N4OPt-2. The Hall–Kier alpha value is -7.33. The first kappa shape index (κ1) is 31.5. The van der Waals surface area contributed by atoms with E-state index >= 15 is 0 Å². The number of benzene rings is 8. The van der Waals surface area contributed by atoms with Crippen LogP contribution in [0.25, 0.3) is 83.4 Å². The second-order valence-corrected chi connectivity index (χ2v) is 16.6. The molecule has 0 atom stereocenters. The Balaban J connectivity index is 0.00000641. The molecule has 0 N–H and O–H groups in total. The average Bonchev–Trinajstić information content (AvgIpc) is 3.94. The molecule has 0 fully saturated rings. The molecule has 0 unspecified atom stereocenters. The van der Waals surface area contributed by atoms with Crippen LogP contribution in [-0.2, 0) is 26.5 Å². The van der Waals surface area contributed by atoms with Gasteiger partial charge in [0.2, 0.25) is 0 Å². The summed E-state index contributed by atoms with van der Waals surface area (Å²) in [5, 5.41) is 2.00. The number of rotatable bonds is 8. The second kappa shape index (κ2) is 17.0. The fourth-order valence-electron chi connectivity index (χ4n) is 8.40. The smallest absolute Gasteiger partial charge is 0.268 e. The van der Waals surface area contributed by atoms with Gasteiger partial charge in [-0.1, -0.05) is 166 Å². The van der Waals surface area contributed by atoms with E-state index in [4.69, 9.17) is 23.4 Å². The van der Waals surface area contributed by atoms with Gasteiger partial charge in [0.15, 0.2) is 0 Å². The van der Waals surface area contributed by atoms with Crippen molar-refractivity contribution in [1.82, 2.24) is 14.1 Å². The molecule has 0 saturated carbocycles. The van der Waals surface area contributed by atoms with Crippen LogP contribution < -0.4 is 9.30 Å². The Kier molecular flexibility index (Phi) is 8.23. The standard InChI is InChI=1S/C59H44N4O.Pt/c1-40-17-11-12-24-48(40)43-29-31-51-52-32-30-47(38-56(52)63(55(51)35-43)57-36-44(33-34-60-57)59(2,3)4)64-46-23-15-22-45(37-46)61-39-62(54-28-14-13-27-53(54)61)58-49(41-18-7-5-8-19-41)25-16-26-50(58)42-20-9-6-10-21-42;/h5-36H,1-4H3;/q-2;/i5D,6D,7D,8D,9D,10D,18D,19D,20D,21D;. The molecule has 0 saturated heterocycles. The van der Waals surface area contributed by atoms with Gasteiger partial charge in [-0.05, 0) is 86.1 Å². The normalized spacial score (nSPS) is 13.7. The SMILES string of the molecule is [2H]c1c([2H])c([2H])c(-c2cccc(-c3c([2H])c([2H])c([2H])c([2H])c3[2H])c2-[n+]2[c-]n(-c3[c-]c(Oc4[c-]c5c(cc4)c4ccc(-c6ccccc6C)cc4n5-c4cc(C(C)(C)C)ccn4)ccc3)c3ccccc32)c([2H])c1[2H].[Pt]. The summed E-state index contributed by atoms with van der Waals surface area (Å²) >= 11 is 0. The van der Waals surface area contributed by atoms with Crippen molar-refractivity contribution in [3.63, 3.8) is 0 Å². The molecule has 3 heterocycles. The Labute approximate surface area is 408 Å². The number of ether oxygens (including phenoxy) is 1. The summed E-state index contributed by atoms with van der Waals surface area (Å²) in [6, 6.07) is 42.1. The third-order valence-electron chi connectivity index (χ3n) is 11.5. The summed E-state index contributed by atoms with van der Waals surface area (Å²) < 4.78 is 99.3. The van der Waals surface area contributed by atoms with Crippen molar-refractivity contribution < 1.29 is 44.1 Å². The number of hydrogen-bond acceptors (Lipinski definition) is 2. The summed E-state index contributed by atoms with van der Waals surface area (Å²) in [7, 11) is 0. The van der Waals surface area contributed by atoms with E-state index in [-0.39, 0.29) is 54.4 Å². The van der Waals surface area contributed by atoms with Crippen molar-refractivity contribution >= 4 is 32.8 Å². The van der Waals surface area contributed by atoms with Gasteiger partial charge in [-0.3, -0.25) is 4.57 Å². The molecule has 0 spiro atoms. The number of fused-ring (bicyclic) bond motifs is 4. The predicted octanol–water partition coefficient (Wildman–Crippen LogP) is 14.2. The van der Waals surface area contributed by atoms with E-state index in [9.17, 15) is 0 Å². The molecule has 5 nitrogen and oxygen atoms in total. The summed E-state index contributed by atoms with van der Waals surface area (Å²) in [5.41, 5.74) is 7.91. The van der Waals surface area contributed by atoms with Crippen LogP contribution in [0.4, 0.5) is 0 Å². The number of nitrogens with zero attached hydrogens (tertiary/aromatic N) is 4. The van der Waals surface area contributed by atoms with E-state index in [2.05, 4.69) is 87.1 Å². The summed E-state index contributed by atoms with van der Waals surface area (Å²) in [5.74, 6) is 1.52. The zero-order chi connectivity index (χ0) is 52.1. The summed E-state index contributed by atoms with van der Waals surface area (Å²) in [4.78, 5) is 4.91. The van der Waals surface area contributed by atoms with Gasteiger partial charge in [0.05, 0.1) is 30.4 Å². The minimum atomic E-state index is -0.573. The molecule has 3 aromatic heterocycles. The molecule has 0 aliphatic carbocycles. The van der Waals surface area contributed by atoms with E-state index in [1.54, 1.807) is 39.5 Å². The molecule has 0 aliphatic rings. The molecule has 65 heavy (non-hydrogen) atoms. The van der Waals surface area contributed by atoms with Crippen molar-refractivity contribution in [2.45, 2.75) is 33.1 Å². The molecule has 0 radical (unpaired) electrons. The van der Waals surface area contributed by atoms with Gasteiger partial charge in [-0.15, -0.1) is 29.7 Å². The molecule has 0 bridgehead atoms. The maximum absolute atomic E-state index is 9.03. The van der Waals surface area contributed by atoms with Crippen LogP contribution in [0.5, 0.6) is 11.5 Å². The van der Waals surface area contributed by atoms with E-state index in [0.29, 0.717) is 28.2 Å². The van der Waals surface area contributed by atoms with Crippen LogP contribution >= 0.6 is 0 Å². The fraction of sp³-hybridized carbons (Fsp3) is 0.0847. The van der Waals surface area contributed by atoms with E-state index in [0.717, 1.165) is 44.3 Å².